The molecule has 2 fully saturated rings. The number of piperidine rings is 1. The smallest absolute Gasteiger partial charge is 0.320 e. The van der Waals surface area contributed by atoms with Crippen molar-refractivity contribution in [1.82, 2.24) is 9.80 Å². The number of methoxy groups -OCH3 is 1. The van der Waals surface area contributed by atoms with E-state index in [0.717, 1.165) is 51.0 Å². The van der Waals surface area contributed by atoms with E-state index >= 15 is 0 Å². The molecule has 1 aromatic rings. The highest BCUT2D eigenvalue weighted by Gasteiger charge is 2.33. The summed E-state index contributed by atoms with van der Waals surface area (Å²) in [6.07, 6.45) is 3.86. The molecule has 1 aromatic carbocycles. The van der Waals surface area contributed by atoms with E-state index in [-0.39, 0.29) is 17.9 Å². The Kier molecular flexibility index (Phi) is 5.46. The third-order valence-corrected chi connectivity index (χ3v) is 5.19. The monoisotopic (exact) mass is 345 g/mol. The molecule has 3 amide bonds. The van der Waals surface area contributed by atoms with Gasteiger partial charge in [-0.1, -0.05) is 12.1 Å². The highest BCUT2D eigenvalue weighted by atomic mass is 16.5. The minimum Gasteiger partial charge on any atom is -0.495 e. The Hall–Kier alpha value is -2.24. The largest absolute Gasteiger partial charge is 0.495 e. The molecule has 2 heterocycles. The summed E-state index contributed by atoms with van der Waals surface area (Å²) in [5, 5.41) is 0. The average molecular weight is 345 g/mol. The lowest BCUT2D eigenvalue weighted by atomic mass is 9.96. The van der Waals surface area contributed by atoms with Gasteiger partial charge in [0.2, 0.25) is 5.91 Å². The van der Waals surface area contributed by atoms with Crippen molar-refractivity contribution in [2.75, 3.05) is 45.2 Å². The van der Waals surface area contributed by atoms with E-state index in [9.17, 15) is 9.59 Å². The summed E-state index contributed by atoms with van der Waals surface area (Å²) in [5.41, 5.74) is 0.762. The molecule has 0 aromatic heterocycles. The minimum absolute atomic E-state index is 0.0448. The van der Waals surface area contributed by atoms with Crippen LogP contribution in [0.1, 0.15) is 25.7 Å². The number of urea groups is 1. The summed E-state index contributed by atoms with van der Waals surface area (Å²) in [6, 6.07) is 7.61. The molecule has 0 saturated carbocycles. The highest BCUT2D eigenvalue weighted by Crippen LogP contribution is 2.29. The summed E-state index contributed by atoms with van der Waals surface area (Å²) in [6.45, 7) is 2.94. The van der Waals surface area contributed by atoms with Crippen LogP contribution in [-0.4, -0.2) is 62.1 Å². The zero-order valence-electron chi connectivity index (χ0n) is 15.1. The minimum atomic E-state index is -0.157. The predicted octanol–water partition coefficient (Wildman–Crippen LogP) is 2.59. The Bertz CT molecular complexity index is 628. The molecule has 1 unspecified atom stereocenters. The standard InChI is InChI=1S/C19H27N3O3/c1-20(16-9-3-4-10-17(16)25-2)18(23)15-8-7-13-22(14-15)19(24)21-11-5-6-12-21/h3-4,9-10,15H,5-8,11-14H2,1-2H3. The normalized spacial score (nSPS) is 20.5. The van der Waals surface area contributed by atoms with Crippen LogP contribution in [0, 0.1) is 5.92 Å². The number of nitrogens with zero attached hydrogens (tertiary/aromatic N) is 3. The molecule has 0 N–H and O–H groups in total. The number of benzene rings is 1. The maximum atomic E-state index is 13.0. The summed E-state index contributed by atoms with van der Waals surface area (Å²) in [4.78, 5) is 31.0. The molecule has 3 rings (SSSR count). The van der Waals surface area contributed by atoms with Crippen LogP contribution in [-0.2, 0) is 4.79 Å². The predicted molar refractivity (Wildman–Crippen MR) is 96.9 cm³/mol. The van der Waals surface area contributed by atoms with Gasteiger partial charge in [-0.25, -0.2) is 4.79 Å². The first-order valence-corrected chi connectivity index (χ1v) is 9.06. The molecule has 1 atom stereocenters. The maximum absolute atomic E-state index is 13.0. The van der Waals surface area contributed by atoms with Crippen LogP contribution in [0.2, 0.25) is 0 Å². The van der Waals surface area contributed by atoms with Gasteiger partial charge in [0, 0.05) is 33.2 Å². The molecule has 6 nitrogen and oxygen atoms in total. The lowest BCUT2D eigenvalue weighted by Gasteiger charge is -2.36. The van der Waals surface area contributed by atoms with Crippen molar-refractivity contribution >= 4 is 17.6 Å². The second kappa shape index (κ2) is 7.76. The number of para-hydroxylation sites is 2. The summed E-state index contributed by atoms with van der Waals surface area (Å²) >= 11 is 0. The summed E-state index contributed by atoms with van der Waals surface area (Å²) in [5.74, 6) is 0.567. The molecule has 0 spiro atoms. The molecule has 136 valence electrons. The van der Waals surface area contributed by atoms with Crippen LogP contribution in [0.25, 0.3) is 0 Å². The van der Waals surface area contributed by atoms with Crippen molar-refractivity contribution in [2.45, 2.75) is 25.7 Å². The molecular formula is C19H27N3O3. The first-order chi connectivity index (χ1) is 12.1. The molecule has 2 saturated heterocycles. The van der Waals surface area contributed by atoms with Gasteiger partial charge in [0.1, 0.15) is 5.75 Å². The lowest BCUT2D eigenvalue weighted by molar-refractivity contribution is -0.123. The molecular weight excluding hydrogens is 318 g/mol. The van der Waals surface area contributed by atoms with Crippen LogP contribution >= 0.6 is 0 Å². The van der Waals surface area contributed by atoms with Crippen LogP contribution in [0.4, 0.5) is 10.5 Å². The molecule has 0 aliphatic carbocycles. The van der Waals surface area contributed by atoms with Gasteiger partial charge in [-0.2, -0.15) is 0 Å². The van der Waals surface area contributed by atoms with E-state index in [1.807, 2.05) is 34.1 Å². The zero-order chi connectivity index (χ0) is 17.8. The SMILES string of the molecule is COc1ccccc1N(C)C(=O)C1CCCN(C(=O)N2CCCC2)C1. The van der Waals surface area contributed by atoms with E-state index in [1.165, 1.54) is 0 Å². The van der Waals surface area contributed by atoms with Crippen molar-refractivity contribution in [3.63, 3.8) is 0 Å². The van der Waals surface area contributed by atoms with Gasteiger partial charge < -0.3 is 19.4 Å². The van der Waals surface area contributed by atoms with Gasteiger partial charge in [0.15, 0.2) is 0 Å². The topological polar surface area (TPSA) is 53.1 Å². The Labute approximate surface area is 149 Å². The van der Waals surface area contributed by atoms with Crippen molar-refractivity contribution in [1.29, 1.82) is 0 Å². The molecule has 2 aliphatic heterocycles. The van der Waals surface area contributed by atoms with Gasteiger partial charge in [-0.05, 0) is 37.8 Å². The van der Waals surface area contributed by atoms with Crippen LogP contribution in [0.15, 0.2) is 24.3 Å². The molecule has 0 bridgehead atoms. The molecule has 0 radical (unpaired) electrons. The average Bonchev–Trinajstić information content (AvgIpc) is 3.21. The second-order valence-electron chi connectivity index (χ2n) is 6.83. The van der Waals surface area contributed by atoms with Gasteiger partial charge in [-0.15, -0.1) is 0 Å². The molecule has 25 heavy (non-hydrogen) atoms. The number of ether oxygens (including phenoxy) is 1. The number of carbonyl (C=O) groups is 2. The zero-order valence-corrected chi connectivity index (χ0v) is 15.1. The number of anilines is 1. The third-order valence-electron chi connectivity index (χ3n) is 5.19. The number of likely N-dealkylation sites (tertiary alicyclic amines) is 2. The summed E-state index contributed by atoms with van der Waals surface area (Å²) in [7, 11) is 3.38. The quantitative estimate of drug-likeness (QED) is 0.846. The van der Waals surface area contributed by atoms with Crippen molar-refractivity contribution < 1.29 is 14.3 Å². The Morgan fingerprint density at radius 3 is 2.48 bits per heavy atom. The molecule has 6 heteroatoms. The maximum Gasteiger partial charge on any atom is 0.320 e. The van der Waals surface area contributed by atoms with Crippen molar-refractivity contribution in [2.24, 2.45) is 5.92 Å². The van der Waals surface area contributed by atoms with Crippen LogP contribution in [0.3, 0.4) is 0 Å². The Morgan fingerprint density at radius 2 is 1.76 bits per heavy atom. The first-order valence-electron chi connectivity index (χ1n) is 9.06. The fourth-order valence-corrected chi connectivity index (χ4v) is 3.76. The van der Waals surface area contributed by atoms with Crippen LogP contribution < -0.4 is 9.64 Å². The fourth-order valence-electron chi connectivity index (χ4n) is 3.76. The Balaban J connectivity index is 1.68. The van der Waals surface area contributed by atoms with Gasteiger partial charge >= 0.3 is 6.03 Å². The van der Waals surface area contributed by atoms with E-state index < -0.39 is 0 Å². The van der Waals surface area contributed by atoms with Crippen LogP contribution in [0.5, 0.6) is 5.75 Å². The van der Waals surface area contributed by atoms with E-state index in [4.69, 9.17) is 4.74 Å². The number of carbonyl (C=O) groups excluding carboxylic acids is 2. The second-order valence-corrected chi connectivity index (χ2v) is 6.83. The Morgan fingerprint density at radius 1 is 1.08 bits per heavy atom. The number of hydrogen-bond donors (Lipinski definition) is 0. The fraction of sp³-hybridized carbons (Fsp3) is 0.579. The third kappa shape index (κ3) is 3.72. The van der Waals surface area contributed by atoms with Gasteiger partial charge in [-0.3, -0.25) is 4.79 Å². The van der Waals surface area contributed by atoms with Gasteiger partial charge in [0.25, 0.3) is 0 Å². The van der Waals surface area contributed by atoms with Gasteiger partial charge in [0.05, 0.1) is 18.7 Å². The van der Waals surface area contributed by atoms with E-state index in [2.05, 4.69) is 0 Å². The number of amides is 3. The molecule has 2 aliphatic rings. The van der Waals surface area contributed by atoms with Crippen molar-refractivity contribution in [3.05, 3.63) is 24.3 Å². The number of rotatable bonds is 3. The summed E-state index contributed by atoms with van der Waals surface area (Å²) < 4.78 is 5.37. The first kappa shape index (κ1) is 17.6. The van der Waals surface area contributed by atoms with Crippen molar-refractivity contribution in [3.8, 4) is 5.75 Å². The van der Waals surface area contributed by atoms with E-state index in [0.29, 0.717) is 12.3 Å². The number of hydrogen-bond acceptors (Lipinski definition) is 3. The lowest BCUT2D eigenvalue weighted by Crippen LogP contribution is -2.49. The van der Waals surface area contributed by atoms with E-state index in [1.54, 1.807) is 19.1 Å². The highest BCUT2D eigenvalue weighted by molar-refractivity contribution is 5.96.